The van der Waals surface area contributed by atoms with Crippen molar-refractivity contribution in [1.29, 1.82) is 0 Å². The molecule has 2 saturated heterocycles. The van der Waals surface area contributed by atoms with E-state index < -0.39 is 10.0 Å². The molecule has 282 valence electrons. The van der Waals surface area contributed by atoms with Gasteiger partial charge in [-0.15, -0.1) is 11.8 Å². The Bertz CT molecular complexity index is 1760. The van der Waals surface area contributed by atoms with E-state index in [4.69, 9.17) is 31.3 Å². The van der Waals surface area contributed by atoms with Crippen LogP contribution in [-0.4, -0.2) is 98.4 Å². The van der Waals surface area contributed by atoms with Crippen molar-refractivity contribution in [1.82, 2.24) is 31.0 Å². The highest BCUT2D eigenvalue weighted by Crippen LogP contribution is 2.34. The van der Waals surface area contributed by atoms with Crippen molar-refractivity contribution < 1.29 is 27.5 Å². The Kier molecular flexibility index (Phi) is 15.1. The molecule has 2 fully saturated rings. The van der Waals surface area contributed by atoms with Crippen LogP contribution in [0.25, 0.3) is 16.9 Å². The number of amides is 2. The molecule has 3 heterocycles. The van der Waals surface area contributed by atoms with Gasteiger partial charge in [0.15, 0.2) is 0 Å². The van der Waals surface area contributed by atoms with Crippen molar-refractivity contribution in [3.63, 3.8) is 0 Å². The molecule has 3 aromatic rings. The number of aromatic nitrogens is 2. The number of sulfonamides is 1. The van der Waals surface area contributed by atoms with E-state index in [2.05, 4.69) is 27.8 Å². The van der Waals surface area contributed by atoms with Gasteiger partial charge in [-0.05, 0) is 55.3 Å². The van der Waals surface area contributed by atoms with Crippen LogP contribution in [0.3, 0.4) is 0 Å². The van der Waals surface area contributed by atoms with Crippen LogP contribution in [0.15, 0.2) is 71.9 Å². The maximum Gasteiger partial charge on any atom is 0.238 e. The second-order valence-electron chi connectivity index (χ2n) is 12.4. The fourth-order valence-corrected chi connectivity index (χ4v) is 8.84. The number of nitrogens with zero attached hydrogens (tertiary/aromatic N) is 2. The summed E-state index contributed by atoms with van der Waals surface area (Å²) in [6.45, 7) is 6.37. The van der Waals surface area contributed by atoms with Gasteiger partial charge in [0, 0.05) is 46.9 Å². The molecule has 0 bridgehead atoms. The first-order valence-electron chi connectivity index (χ1n) is 17.1. The van der Waals surface area contributed by atoms with Gasteiger partial charge in [-0.2, -0.15) is 16.9 Å². The van der Waals surface area contributed by atoms with Gasteiger partial charge in [-0.25, -0.2) is 18.2 Å². The summed E-state index contributed by atoms with van der Waals surface area (Å²) in [5.74, 6) is 2.69. The minimum Gasteiger partial charge on any atom is -0.377 e. The SMILES string of the molecule is C=C1N[C@@H]2[C@@H](CS[C@@H]2CCCCC(=O)NCCOCCOCCNC(=O)CSCc2cc(-c3ccc(Cl)cc3)n(-c3ccc(S(N)(=O)=O)cc3)n2)N1. The Morgan fingerprint density at radius 1 is 1.00 bits per heavy atom. The summed E-state index contributed by atoms with van der Waals surface area (Å²) < 4.78 is 36.2. The monoisotopic (exact) mass is 791 g/mol. The van der Waals surface area contributed by atoms with Gasteiger partial charge in [-0.3, -0.25) is 9.59 Å². The number of carbonyl (C=O) groups excluding carboxylic acids is 2. The average molecular weight is 792 g/mol. The molecule has 5 rings (SSSR count). The van der Waals surface area contributed by atoms with Gasteiger partial charge in [0.25, 0.3) is 0 Å². The molecule has 3 atom stereocenters. The third kappa shape index (κ3) is 12.1. The number of rotatable bonds is 21. The van der Waals surface area contributed by atoms with Crippen molar-refractivity contribution in [2.75, 3.05) is 51.0 Å². The lowest BCUT2D eigenvalue weighted by atomic mass is 10.0. The minimum absolute atomic E-state index is 0.00959. The fourth-order valence-electron chi connectivity index (χ4n) is 5.92. The smallest absolute Gasteiger partial charge is 0.238 e. The predicted octanol–water partition coefficient (Wildman–Crippen LogP) is 3.42. The third-order valence-electron chi connectivity index (χ3n) is 8.47. The number of hydrogen-bond acceptors (Lipinski definition) is 11. The van der Waals surface area contributed by atoms with Crippen LogP contribution in [-0.2, 0) is 34.8 Å². The Labute approximate surface area is 318 Å². The first-order chi connectivity index (χ1) is 25.1. The lowest BCUT2D eigenvalue weighted by Crippen LogP contribution is -2.36. The van der Waals surface area contributed by atoms with Crippen molar-refractivity contribution in [2.45, 2.75) is 53.7 Å². The summed E-state index contributed by atoms with van der Waals surface area (Å²) in [4.78, 5) is 24.5. The predicted molar refractivity (Wildman–Crippen MR) is 207 cm³/mol. The number of carbonyl (C=O) groups is 2. The van der Waals surface area contributed by atoms with Crippen molar-refractivity contribution in [3.05, 3.63) is 77.7 Å². The maximum atomic E-state index is 12.4. The molecule has 0 spiro atoms. The van der Waals surface area contributed by atoms with Crippen molar-refractivity contribution in [3.8, 4) is 16.9 Å². The number of halogens is 1. The molecule has 6 N–H and O–H groups in total. The number of ether oxygens (including phenoxy) is 2. The standard InChI is InChI=1S/C35H46ClN7O6S3/c1-24-40-30-22-51-32(35(30)41-24)4-2-3-5-33(44)38-14-16-48-18-19-49-17-15-39-34(45)23-50-21-27-20-31(25-6-8-26(36)9-7-25)43(42-27)28-10-12-29(13-11-28)52(37,46)47/h6-13,20,30,32,35,40-41H,1-5,14-19,21-23H2,(H,38,44)(H,39,45)(H2,37,46,47)/t30-,32-,35-/m1/s1. The first kappa shape index (κ1) is 39.9. The average Bonchev–Trinajstić information content (AvgIpc) is 3.82. The molecule has 0 saturated carbocycles. The summed E-state index contributed by atoms with van der Waals surface area (Å²) in [6, 6.07) is 16.3. The lowest BCUT2D eigenvalue weighted by Gasteiger charge is -2.17. The molecule has 13 nitrogen and oxygen atoms in total. The van der Waals surface area contributed by atoms with E-state index in [1.54, 1.807) is 28.9 Å². The van der Waals surface area contributed by atoms with E-state index in [1.165, 1.54) is 23.9 Å². The van der Waals surface area contributed by atoms with E-state index in [1.807, 2.05) is 30.0 Å². The zero-order chi connectivity index (χ0) is 36.9. The van der Waals surface area contributed by atoms with Gasteiger partial charge in [-0.1, -0.05) is 36.7 Å². The van der Waals surface area contributed by atoms with Crippen LogP contribution in [0.2, 0.25) is 5.02 Å². The molecule has 17 heteroatoms. The number of nitrogens with one attached hydrogen (secondary N) is 4. The van der Waals surface area contributed by atoms with Crippen molar-refractivity contribution in [2.24, 2.45) is 5.14 Å². The van der Waals surface area contributed by atoms with Gasteiger partial charge in [0.1, 0.15) is 0 Å². The fraction of sp³-hybridized carbons (Fsp3) is 0.457. The van der Waals surface area contributed by atoms with Crippen LogP contribution < -0.4 is 26.4 Å². The zero-order valence-electron chi connectivity index (χ0n) is 28.9. The number of unbranched alkanes of at least 4 members (excludes halogenated alkanes) is 1. The van der Waals surface area contributed by atoms with E-state index in [9.17, 15) is 18.0 Å². The molecule has 2 aromatic carbocycles. The molecule has 0 aliphatic carbocycles. The summed E-state index contributed by atoms with van der Waals surface area (Å²) in [5, 5.41) is 23.7. The highest BCUT2D eigenvalue weighted by molar-refractivity contribution is 8.00. The van der Waals surface area contributed by atoms with Crippen LogP contribution in [0.1, 0.15) is 31.4 Å². The van der Waals surface area contributed by atoms with E-state index in [0.717, 1.165) is 47.8 Å². The van der Waals surface area contributed by atoms with E-state index >= 15 is 0 Å². The maximum absolute atomic E-state index is 12.4. The normalized spacial score (nSPS) is 18.1. The van der Waals surface area contributed by atoms with Crippen LogP contribution >= 0.6 is 35.1 Å². The molecular weight excluding hydrogens is 746 g/mol. The lowest BCUT2D eigenvalue weighted by molar-refractivity contribution is -0.121. The number of benzene rings is 2. The number of fused-ring (bicyclic) bond motifs is 1. The molecule has 1 aromatic heterocycles. The largest absolute Gasteiger partial charge is 0.377 e. The number of hydrogen-bond donors (Lipinski definition) is 5. The molecule has 2 amide bonds. The molecule has 0 unspecified atom stereocenters. The third-order valence-corrected chi connectivity index (χ3v) is 12.1. The topological polar surface area (TPSA) is 179 Å². The molecule has 2 aliphatic heterocycles. The van der Waals surface area contributed by atoms with Gasteiger partial charge in [0.05, 0.1) is 72.1 Å². The minimum atomic E-state index is -3.82. The number of nitrogens with two attached hydrogens (primary N) is 1. The highest BCUT2D eigenvalue weighted by atomic mass is 35.5. The van der Waals surface area contributed by atoms with Crippen molar-refractivity contribution >= 4 is 57.0 Å². The van der Waals surface area contributed by atoms with Crippen LogP contribution in [0.5, 0.6) is 0 Å². The van der Waals surface area contributed by atoms with Gasteiger partial charge >= 0.3 is 0 Å². The Hall–Kier alpha value is -3.25. The Morgan fingerprint density at radius 2 is 1.69 bits per heavy atom. The number of thioether (sulfide) groups is 2. The van der Waals surface area contributed by atoms with Crippen LogP contribution in [0, 0.1) is 0 Å². The van der Waals surface area contributed by atoms with E-state index in [-0.39, 0.29) is 22.5 Å². The number of primary sulfonamides is 1. The summed E-state index contributed by atoms with van der Waals surface area (Å²) in [5.41, 5.74) is 3.07. The Balaban J connectivity index is 0.898. The second-order valence-corrected chi connectivity index (χ2v) is 16.7. The molecule has 2 aliphatic rings. The summed E-state index contributed by atoms with van der Waals surface area (Å²) >= 11 is 9.51. The molecule has 0 radical (unpaired) electrons. The second kappa shape index (κ2) is 19.7. The molecular formula is C35H46ClN7O6S3. The zero-order valence-corrected chi connectivity index (χ0v) is 32.1. The van der Waals surface area contributed by atoms with E-state index in [0.29, 0.717) is 79.7 Å². The van der Waals surface area contributed by atoms with Crippen LogP contribution in [0.4, 0.5) is 0 Å². The molecule has 52 heavy (non-hydrogen) atoms. The quantitative estimate of drug-likeness (QED) is 0.1000. The summed E-state index contributed by atoms with van der Waals surface area (Å²) in [6.07, 6.45) is 3.52. The van der Waals surface area contributed by atoms with Gasteiger partial charge in [0.2, 0.25) is 21.8 Å². The Morgan fingerprint density at radius 3 is 2.38 bits per heavy atom. The highest BCUT2D eigenvalue weighted by Gasteiger charge is 2.40. The summed E-state index contributed by atoms with van der Waals surface area (Å²) in [7, 11) is -3.82. The first-order valence-corrected chi connectivity index (χ1v) is 21.3. The van der Waals surface area contributed by atoms with Gasteiger partial charge < -0.3 is 30.7 Å².